The number of hydrazine groups is 1. The Bertz CT molecular complexity index is 496. The first-order valence-electron chi connectivity index (χ1n) is 6.56. The van der Waals surface area contributed by atoms with Crippen LogP contribution in [-0.2, 0) is 16.0 Å². The molecule has 1 aliphatic rings. The summed E-state index contributed by atoms with van der Waals surface area (Å²) in [5, 5.41) is 10.6. The van der Waals surface area contributed by atoms with Crippen molar-refractivity contribution >= 4 is 23.4 Å². The van der Waals surface area contributed by atoms with Crippen LogP contribution in [0.5, 0.6) is 0 Å². The topological polar surface area (TPSA) is 78.4 Å². The summed E-state index contributed by atoms with van der Waals surface area (Å²) in [6.45, 7) is 0. The monoisotopic (exact) mass is 296 g/mol. The Kier molecular flexibility index (Phi) is 4.62. The Balaban J connectivity index is 1.80. The van der Waals surface area contributed by atoms with Crippen LogP contribution < -0.4 is 10.9 Å². The molecule has 1 saturated carbocycles. The van der Waals surface area contributed by atoms with Gasteiger partial charge in [-0.2, -0.15) is 0 Å². The Morgan fingerprint density at radius 2 is 1.75 bits per heavy atom. The molecule has 0 aromatic heterocycles. The van der Waals surface area contributed by atoms with Gasteiger partial charge in [-0.15, -0.1) is 0 Å². The summed E-state index contributed by atoms with van der Waals surface area (Å²) in [5.41, 5.74) is 4.05. The highest BCUT2D eigenvalue weighted by molar-refractivity contribution is 6.30. The summed E-state index contributed by atoms with van der Waals surface area (Å²) in [6.07, 6.45) is 2.65. The van der Waals surface area contributed by atoms with Gasteiger partial charge in [-0.25, -0.2) is 0 Å². The summed E-state index contributed by atoms with van der Waals surface area (Å²) in [5.74, 6) is -0.887. The minimum absolute atomic E-state index is 0.135. The first-order chi connectivity index (χ1) is 9.49. The highest BCUT2D eigenvalue weighted by atomic mass is 35.5. The molecule has 2 amide bonds. The van der Waals surface area contributed by atoms with Crippen molar-refractivity contribution in [3.05, 3.63) is 34.9 Å². The van der Waals surface area contributed by atoms with Crippen molar-refractivity contribution in [2.24, 2.45) is 0 Å². The number of benzene rings is 1. The molecule has 0 unspecified atom stereocenters. The second-order valence-corrected chi connectivity index (χ2v) is 5.48. The van der Waals surface area contributed by atoms with Crippen LogP contribution in [0.3, 0.4) is 0 Å². The van der Waals surface area contributed by atoms with Gasteiger partial charge in [0.1, 0.15) is 5.60 Å². The molecule has 0 atom stereocenters. The molecule has 0 saturated heterocycles. The molecule has 3 N–H and O–H groups in total. The van der Waals surface area contributed by atoms with E-state index in [1.54, 1.807) is 24.3 Å². The third-order valence-corrected chi connectivity index (χ3v) is 3.70. The number of aliphatic hydroxyl groups is 1. The Labute approximate surface area is 122 Å². The van der Waals surface area contributed by atoms with Crippen molar-refractivity contribution in [1.82, 2.24) is 10.9 Å². The van der Waals surface area contributed by atoms with Crippen LogP contribution in [0.1, 0.15) is 31.2 Å². The van der Waals surface area contributed by atoms with E-state index in [1.807, 2.05) is 0 Å². The first-order valence-corrected chi connectivity index (χ1v) is 6.93. The maximum atomic E-state index is 11.8. The smallest absolute Gasteiger partial charge is 0.270 e. The molecular weight excluding hydrogens is 280 g/mol. The third kappa shape index (κ3) is 3.71. The number of carbonyl (C=O) groups excluding carboxylic acids is 2. The summed E-state index contributed by atoms with van der Waals surface area (Å²) >= 11 is 5.75. The van der Waals surface area contributed by atoms with Gasteiger partial charge in [-0.3, -0.25) is 20.4 Å². The Morgan fingerprint density at radius 1 is 1.15 bits per heavy atom. The van der Waals surface area contributed by atoms with Gasteiger partial charge >= 0.3 is 0 Å². The molecule has 1 aromatic rings. The second-order valence-electron chi connectivity index (χ2n) is 5.04. The van der Waals surface area contributed by atoms with Gasteiger partial charge in [-0.1, -0.05) is 23.7 Å². The number of halogens is 1. The van der Waals surface area contributed by atoms with Gasteiger partial charge in [0, 0.05) is 5.02 Å². The molecule has 1 fully saturated rings. The lowest BCUT2D eigenvalue weighted by atomic mass is 10.0. The maximum absolute atomic E-state index is 11.8. The van der Waals surface area contributed by atoms with Crippen LogP contribution in [0.4, 0.5) is 0 Å². The molecule has 0 bridgehead atoms. The fourth-order valence-electron chi connectivity index (χ4n) is 2.26. The van der Waals surface area contributed by atoms with Crippen molar-refractivity contribution in [3.8, 4) is 0 Å². The van der Waals surface area contributed by atoms with Crippen LogP contribution in [0.2, 0.25) is 5.02 Å². The zero-order chi connectivity index (χ0) is 14.6. The molecule has 0 spiro atoms. The number of carbonyl (C=O) groups is 2. The molecular formula is C14H17ClN2O3. The van der Waals surface area contributed by atoms with Crippen molar-refractivity contribution < 1.29 is 14.7 Å². The largest absolute Gasteiger partial charge is 0.380 e. The van der Waals surface area contributed by atoms with Crippen molar-refractivity contribution in [2.45, 2.75) is 37.7 Å². The molecule has 1 aromatic carbocycles. The predicted octanol–water partition coefficient (Wildman–Crippen LogP) is 1.33. The normalized spacial score (nSPS) is 16.7. The van der Waals surface area contributed by atoms with Crippen LogP contribution in [-0.4, -0.2) is 22.5 Å². The van der Waals surface area contributed by atoms with Gasteiger partial charge in [0.2, 0.25) is 5.91 Å². The Hall–Kier alpha value is -1.59. The van der Waals surface area contributed by atoms with Gasteiger partial charge in [0.15, 0.2) is 0 Å². The van der Waals surface area contributed by atoms with Gasteiger partial charge in [0.25, 0.3) is 5.91 Å². The van der Waals surface area contributed by atoms with Gasteiger partial charge in [0.05, 0.1) is 6.42 Å². The van der Waals surface area contributed by atoms with Crippen molar-refractivity contribution in [1.29, 1.82) is 0 Å². The minimum atomic E-state index is -1.34. The molecule has 5 nitrogen and oxygen atoms in total. The van der Waals surface area contributed by atoms with E-state index >= 15 is 0 Å². The highest BCUT2D eigenvalue weighted by Crippen LogP contribution is 2.29. The average Bonchev–Trinajstić information content (AvgIpc) is 2.87. The molecule has 0 aliphatic heterocycles. The Morgan fingerprint density at radius 3 is 2.35 bits per heavy atom. The number of hydrogen-bond acceptors (Lipinski definition) is 3. The molecule has 1 aliphatic carbocycles. The molecule has 6 heteroatoms. The summed E-state index contributed by atoms with van der Waals surface area (Å²) in [7, 11) is 0. The van der Waals surface area contributed by atoms with Gasteiger partial charge < -0.3 is 5.11 Å². The maximum Gasteiger partial charge on any atom is 0.270 e. The van der Waals surface area contributed by atoms with Crippen molar-refractivity contribution in [3.63, 3.8) is 0 Å². The number of rotatable bonds is 3. The molecule has 20 heavy (non-hydrogen) atoms. The first kappa shape index (κ1) is 14.8. The van der Waals surface area contributed by atoms with E-state index in [0.717, 1.165) is 18.4 Å². The number of nitrogens with one attached hydrogen (secondary N) is 2. The van der Waals surface area contributed by atoms with Crippen molar-refractivity contribution in [2.75, 3.05) is 0 Å². The molecule has 0 radical (unpaired) electrons. The molecule has 2 rings (SSSR count). The summed E-state index contributed by atoms with van der Waals surface area (Å²) < 4.78 is 0. The van der Waals surface area contributed by atoms with E-state index in [9.17, 15) is 14.7 Å². The average molecular weight is 297 g/mol. The van der Waals surface area contributed by atoms with E-state index in [4.69, 9.17) is 11.6 Å². The van der Waals surface area contributed by atoms with E-state index < -0.39 is 11.5 Å². The van der Waals surface area contributed by atoms with E-state index in [1.165, 1.54) is 0 Å². The quantitative estimate of drug-likeness (QED) is 0.737. The fourth-order valence-corrected chi connectivity index (χ4v) is 2.39. The van der Waals surface area contributed by atoms with Crippen LogP contribution in [0.25, 0.3) is 0 Å². The summed E-state index contributed by atoms with van der Waals surface area (Å²) in [6, 6.07) is 6.89. The van der Waals surface area contributed by atoms with E-state index in [2.05, 4.69) is 10.9 Å². The van der Waals surface area contributed by atoms with Crippen LogP contribution in [0, 0.1) is 0 Å². The lowest BCUT2D eigenvalue weighted by molar-refractivity contribution is -0.142. The van der Waals surface area contributed by atoms with Gasteiger partial charge in [-0.05, 0) is 43.4 Å². The number of amides is 2. The number of hydrogen-bond donors (Lipinski definition) is 3. The van der Waals surface area contributed by atoms with Crippen LogP contribution in [0.15, 0.2) is 24.3 Å². The third-order valence-electron chi connectivity index (χ3n) is 3.45. The summed E-state index contributed by atoms with van der Waals surface area (Å²) in [4.78, 5) is 23.5. The van der Waals surface area contributed by atoms with Crippen LogP contribution >= 0.6 is 11.6 Å². The standard InChI is InChI=1S/C14H17ClN2O3/c15-11-5-3-10(4-6-11)9-12(18)16-17-13(19)14(20)7-1-2-8-14/h3-6,20H,1-2,7-9H2,(H,16,18)(H,17,19). The zero-order valence-electron chi connectivity index (χ0n) is 11.0. The highest BCUT2D eigenvalue weighted by Gasteiger charge is 2.38. The minimum Gasteiger partial charge on any atom is -0.380 e. The fraction of sp³-hybridized carbons (Fsp3) is 0.429. The van der Waals surface area contributed by atoms with E-state index in [0.29, 0.717) is 17.9 Å². The molecule has 0 heterocycles. The predicted molar refractivity (Wildman–Crippen MR) is 74.9 cm³/mol. The SMILES string of the molecule is O=C(Cc1ccc(Cl)cc1)NNC(=O)C1(O)CCCC1. The zero-order valence-corrected chi connectivity index (χ0v) is 11.7. The second kappa shape index (κ2) is 6.24. The lowest BCUT2D eigenvalue weighted by Crippen LogP contribution is -2.52. The molecule has 108 valence electrons. The van der Waals surface area contributed by atoms with E-state index in [-0.39, 0.29) is 12.3 Å². The lowest BCUT2D eigenvalue weighted by Gasteiger charge is -2.20.